The minimum atomic E-state index is 0.584. The second-order valence-electron chi connectivity index (χ2n) is 5.09. The van der Waals surface area contributed by atoms with Crippen LogP contribution in [0.4, 0.5) is 11.4 Å². The predicted octanol–water partition coefficient (Wildman–Crippen LogP) is 3.55. The number of hydrogen-bond donors (Lipinski definition) is 1. The van der Waals surface area contributed by atoms with E-state index >= 15 is 0 Å². The van der Waals surface area contributed by atoms with E-state index in [0.717, 1.165) is 42.5 Å². The van der Waals surface area contributed by atoms with E-state index in [1.165, 1.54) is 11.1 Å². The van der Waals surface area contributed by atoms with Crippen molar-refractivity contribution >= 4 is 11.4 Å². The molecule has 0 aliphatic heterocycles. The van der Waals surface area contributed by atoms with Gasteiger partial charge in [-0.1, -0.05) is 24.3 Å². The van der Waals surface area contributed by atoms with Crippen LogP contribution in [0.5, 0.6) is 0 Å². The fourth-order valence-electron chi connectivity index (χ4n) is 2.65. The van der Waals surface area contributed by atoms with Crippen LogP contribution in [0.3, 0.4) is 0 Å². The minimum Gasteiger partial charge on any atom is -0.398 e. The number of nitrogens with two attached hydrogens (primary N) is 1. The summed E-state index contributed by atoms with van der Waals surface area (Å²) in [4.78, 5) is 10.9. The standard InChI is InChI=1S/C16H16N2O/c17-15-9-11-1-5-13(15)6-2-12-4-8-14(7-3-11)16(10-12)18-19/h1,4-5,8-10H,2-3,6-7,17H2. The highest BCUT2D eigenvalue weighted by Crippen LogP contribution is 2.26. The van der Waals surface area contributed by atoms with E-state index in [2.05, 4.69) is 29.4 Å². The zero-order chi connectivity index (χ0) is 13.2. The Kier molecular flexibility index (Phi) is 3.03. The first-order chi connectivity index (χ1) is 9.26. The minimum absolute atomic E-state index is 0.584. The molecule has 0 amide bonds. The van der Waals surface area contributed by atoms with E-state index in [9.17, 15) is 4.91 Å². The molecule has 2 aromatic carbocycles. The first-order valence-electron chi connectivity index (χ1n) is 6.59. The highest BCUT2D eigenvalue weighted by molar-refractivity contribution is 5.52. The van der Waals surface area contributed by atoms with Gasteiger partial charge in [0, 0.05) is 5.69 Å². The van der Waals surface area contributed by atoms with Crippen LogP contribution in [0.2, 0.25) is 0 Å². The SMILES string of the molecule is Nc1cc2ccc1CCc1ccc(c(N=O)c1)CC2. The quantitative estimate of drug-likeness (QED) is 0.623. The first-order valence-corrected chi connectivity index (χ1v) is 6.59. The molecule has 96 valence electrons. The van der Waals surface area contributed by atoms with Gasteiger partial charge in [0.2, 0.25) is 0 Å². The molecule has 6 rings (SSSR count). The fourth-order valence-corrected chi connectivity index (χ4v) is 2.65. The summed E-state index contributed by atoms with van der Waals surface area (Å²) in [5.41, 5.74) is 12.1. The third kappa shape index (κ3) is 2.36. The highest BCUT2D eigenvalue weighted by atomic mass is 16.3. The topological polar surface area (TPSA) is 55.4 Å². The molecule has 2 N–H and O–H groups in total. The normalized spacial score (nSPS) is 13.9. The van der Waals surface area contributed by atoms with Crippen molar-refractivity contribution in [2.24, 2.45) is 5.18 Å². The maximum Gasteiger partial charge on any atom is 0.111 e. The lowest BCUT2D eigenvalue weighted by Crippen LogP contribution is -2.02. The largest absolute Gasteiger partial charge is 0.398 e. The van der Waals surface area contributed by atoms with Gasteiger partial charge in [0.1, 0.15) is 5.69 Å². The van der Waals surface area contributed by atoms with Crippen molar-refractivity contribution in [2.45, 2.75) is 25.7 Å². The molecule has 19 heavy (non-hydrogen) atoms. The summed E-state index contributed by atoms with van der Waals surface area (Å²) in [6.45, 7) is 0. The van der Waals surface area contributed by atoms with E-state index < -0.39 is 0 Å². The van der Waals surface area contributed by atoms with Gasteiger partial charge in [-0.25, -0.2) is 0 Å². The molecule has 0 unspecified atom stereocenters. The third-order valence-electron chi connectivity index (χ3n) is 3.82. The molecule has 4 aliphatic rings. The lowest BCUT2D eigenvalue weighted by Gasteiger charge is -2.12. The summed E-state index contributed by atoms with van der Waals surface area (Å²) in [6.07, 6.45) is 3.47. The molecular formula is C16H16N2O. The Morgan fingerprint density at radius 3 is 2.16 bits per heavy atom. The monoisotopic (exact) mass is 252 g/mol. The molecule has 0 saturated heterocycles. The number of anilines is 1. The van der Waals surface area contributed by atoms with E-state index in [-0.39, 0.29) is 0 Å². The molecule has 0 aromatic heterocycles. The molecule has 0 heterocycles. The average Bonchev–Trinajstić information content (AvgIpc) is 2.42. The smallest absolute Gasteiger partial charge is 0.111 e. The lowest BCUT2D eigenvalue weighted by atomic mass is 9.95. The molecule has 3 heteroatoms. The molecule has 3 nitrogen and oxygen atoms in total. The van der Waals surface area contributed by atoms with Crippen LogP contribution in [0, 0.1) is 4.91 Å². The van der Waals surface area contributed by atoms with Crippen LogP contribution in [0.25, 0.3) is 0 Å². The van der Waals surface area contributed by atoms with Crippen LogP contribution in [-0.2, 0) is 25.7 Å². The van der Waals surface area contributed by atoms with Crippen molar-refractivity contribution in [3.05, 3.63) is 63.6 Å². The van der Waals surface area contributed by atoms with Crippen molar-refractivity contribution < 1.29 is 0 Å². The Morgan fingerprint density at radius 2 is 1.47 bits per heavy atom. The molecule has 2 aromatic rings. The van der Waals surface area contributed by atoms with Gasteiger partial charge < -0.3 is 5.73 Å². The fraction of sp³-hybridized carbons (Fsp3) is 0.250. The summed E-state index contributed by atoms with van der Waals surface area (Å²) >= 11 is 0. The predicted molar refractivity (Wildman–Crippen MR) is 77.6 cm³/mol. The van der Waals surface area contributed by atoms with Crippen LogP contribution in [-0.4, -0.2) is 0 Å². The van der Waals surface area contributed by atoms with Gasteiger partial charge in [0.25, 0.3) is 0 Å². The maximum atomic E-state index is 10.9. The van der Waals surface area contributed by atoms with E-state index in [4.69, 9.17) is 5.73 Å². The molecule has 0 spiro atoms. The number of nitrogens with zero attached hydrogens (tertiary/aromatic N) is 1. The van der Waals surface area contributed by atoms with Gasteiger partial charge in [-0.2, -0.15) is 0 Å². The number of aryl methyl sites for hydroxylation is 4. The van der Waals surface area contributed by atoms with Crippen molar-refractivity contribution in [1.29, 1.82) is 0 Å². The van der Waals surface area contributed by atoms with Crippen LogP contribution in [0.1, 0.15) is 22.3 Å². The number of benzene rings is 2. The van der Waals surface area contributed by atoms with Crippen molar-refractivity contribution in [3.8, 4) is 0 Å². The van der Waals surface area contributed by atoms with E-state index in [1.807, 2.05) is 12.1 Å². The van der Waals surface area contributed by atoms with Gasteiger partial charge in [-0.05, 0) is 65.2 Å². The Labute approximate surface area is 112 Å². The van der Waals surface area contributed by atoms with Gasteiger partial charge in [-0.15, -0.1) is 4.91 Å². The zero-order valence-electron chi connectivity index (χ0n) is 10.7. The highest BCUT2D eigenvalue weighted by Gasteiger charge is 2.09. The molecule has 0 saturated carbocycles. The second-order valence-corrected chi connectivity index (χ2v) is 5.09. The molecular weight excluding hydrogens is 236 g/mol. The summed E-state index contributed by atoms with van der Waals surface area (Å²) in [5.74, 6) is 0. The summed E-state index contributed by atoms with van der Waals surface area (Å²) in [5, 5.41) is 3.16. The van der Waals surface area contributed by atoms with Gasteiger partial charge in [0.05, 0.1) is 0 Å². The van der Waals surface area contributed by atoms with Gasteiger partial charge >= 0.3 is 0 Å². The summed E-state index contributed by atoms with van der Waals surface area (Å²) < 4.78 is 0. The number of rotatable bonds is 1. The van der Waals surface area contributed by atoms with Gasteiger partial charge in [0.15, 0.2) is 0 Å². The lowest BCUT2D eigenvalue weighted by molar-refractivity contribution is 0.923. The number of nitroso groups, excluding NO2 is 1. The van der Waals surface area contributed by atoms with E-state index in [0.29, 0.717) is 5.69 Å². The third-order valence-corrected chi connectivity index (χ3v) is 3.82. The summed E-state index contributed by atoms with van der Waals surface area (Å²) in [6, 6.07) is 12.3. The van der Waals surface area contributed by atoms with E-state index in [1.54, 1.807) is 0 Å². The van der Waals surface area contributed by atoms with Crippen molar-refractivity contribution in [2.75, 3.05) is 5.73 Å². The zero-order valence-corrected chi connectivity index (χ0v) is 10.7. The number of hydrogen-bond acceptors (Lipinski definition) is 3. The Morgan fingerprint density at radius 1 is 0.842 bits per heavy atom. The number of nitrogen functional groups attached to an aromatic ring is 1. The molecule has 0 radical (unpaired) electrons. The van der Waals surface area contributed by atoms with Crippen LogP contribution in [0.15, 0.2) is 41.6 Å². The van der Waals surface area contributed by atoms with Crippen LogP contribution >= 0.6 is 0 Å². The van der Waals surface area contributed by atoms with Gasteiger partial charge in [-0.3, -0.25) is 0 Å². The average molecular weight is 252 g/mol. The Bertz CT molecular complexity index is 635. The Hall–Kier alpha value is -2.16. The van der Waals surface area contributed by atoms with Crippen LogP contribution < -0.4 is 5.73 Å². The van der Waals surface area contributed by atoms with Crippen molar-refractivity contribution in [1.82, 2.24) is 0 Å². The Balaban J connectivity index is 2.05. The van der Waals surface area contributed by atoms with Crippen molar-refractivity contribution in [3.63, 3.8) is 0 Å². The molecule has 4 bridgehead atoms. The molecule has 0 atom stereocenters. The molecule has 0 fully saturated rings. The maximum absolute atomic E-state index is 10.9. The first kappa shape index (κ1) is 11.9. The second kappa shape index (κ2) is 4.84. The summed E-state index contributed by atoms with van der Waals surface area (Å²) in [7, 11) is 0. The molecule has 4 aliphatic carbocycles.